The molecular weight excluding hydrogens is 280 g/mol. The van der Waals surface area contributed by atoms with Gasteiger partial charge in [-0.15, -0.1) is 11.8 Å². The number of carbonyl (C=O) groups is 1. The Morgan fingerprint density at radius 1 is 1.53 bits per heavy atom. The van der Waals surface area contributed by atoms with Crippen LogP contribution in [0.2, 0.25) is 0 Å². The van der Waals surface area contributed by atoms with E-state index in [9.17, 15) is 9.00 Å². The van der Waals surface area contributed by atoms with Gasteiger partial charge < -0.3 is 4.74 Å². The van der Waals surface area contributed by atoms with Crippen molar-refractivity contribution in [2.45, 2.75) is 35.2 Å². The Labute approximate surface area is 120 Å². The van der Waals surface area contributed by atoms with Crippen LogP contribution < -0.4 is 0 Å². The van der Waals surface area contributed by atoms with Crippen LogP contribution in [0.25, 0.3) is 0 Å². The molecule has 1 aliphatic rings. The van der Waals surface area contributed by atoms with E-state index in [2.05, 4.69) is 16.9 Å². The summed E-state index contributed by atoms with van der Waals surface area (Å²) < 4.78 is 16.8. The van der Waals surface area contributed by atoms with E-state index in [0.717, 1.165) is 6.42 Å². The third kappa shape index (κ3) is 3.83. The van der Waals surface area contributed by atoms with Gasteiger partial charge >= 0.3 is 5.97 Å². The summed E-state index contributed by atoms with van der Waals surface area (Å²) in [6, 6.07) is 8.31. The second-order valence-electron chi connectivity index (χ2n) is 4.69. The fourth-order valence-electron chi connectivity index (χ4n) is 2.11. The maximum atomic E-state index is 12.2. The average Bonchev–Trinajstić information content (AvgIpc) is 2.80. The van der Waals surface area contributed by atoms with Crippen LogP contribution in [0, 0.1) is 0 Å². The Balaban J connectivity index is 1.86. The number of ether oxygens (including phenoxy) is 1. The van der Waals surface area contributed by atoms with Crippen molar-refractivity contribution in [3.05, 3.63) is 29.8 Å². The molecule has 0 saturated heterocycles. The Hall–Kier alpha value is -0.810. The molecule has 0 N–H and O–H groups in total. The van der Waals surface area contributed by atoms with Crippen molar-refractivity contribution in [2.75, 3.05) is 12.9 Å². The highest BCUT2D eigenvalue weighted by Gasteiger charge is 2.26. The van der Waals surface area contributed by atoms with Gasteiger partial charge in [0.2, 0.25) is 0 Å². The van der Waals surface area contributed by atoms with E-state index in [-0.39, 0.29) is 17.6 Å². The first-order valence-corrected chi connectivity index (χ1v) is 8.55. The van der Waals surface area contributed by atoms with Crippen molar-refractivity contribution >= 4 is 28.5 Å². The molecule has 0 spiro atoms. The molecule has 2 rings (SSSR count). The first-order valence-electron chi connectivity index (χ1n) is 6.28. The molecule has 0 amide bonds. The van der Waals surface area contributed by atoms with Crippen molar-refractivity contribution in [1.29, 1.82) is 0 Å². The molecule has 104 valence electrons. The van der Waals surface area contributed by atoms with Crippen molar-refractivity contribution < 1.29 is 13.7 Å². The summed E-state index contributed by atoms with van der Waals surface area (Å²) in [5.41, 5.74) is 1.34. The zero-order chi connectivity index (χ0) is 13.8. The van der Waals surface area contributed by atoms with Crippen LogP contribution in [0.4, 0.5) is 0 Å². The molecule has 0 fully saturated rings. The lowest BCUT2D eigenvalue weighted by atomic mass is 10.1. The van der Waals surface area contributed by atoms with Gasteiger partial charge in [-0.05, 0) is 18.1 Å². The lowest BCUT2D eigenvalue weighted by Crippen LogP contribution is -2.23. The summed E-state index contributed by atoms with van der Waals surface area (Å²) >= 11 is 1.80. The third-order valence-corrected chi connectivity index (χ3v) is 6.52. The fourth-order valence-corrected chi connectivity index (χ4v) is 5.00. The Morgan fingerprint density at radius 3 is 2.95 bits per heavy atom. The molecule has 0 aromatic heterocycles. The summed E-state index contributed by atoms with van der Waals surface area (Å²) in [6.07, 6.45) is 1.20. The van der Waals surface area contributed by atoms with Crippen LogP contribution in [0.1, 0.15) is 18.9 Å². The van der Waals surface area contributed by atoms with Crippen LogP contribution in [-0.2, 0) is 26.8 Å². The monoisotopic (exact) mass is 298 g/mol. The molecule has 0 aliphatic carbocycles. The number of thioether (sulfide) groups is 1. The quantitative estimate of drug-likeness (QED) is 0.783. The van der Waals surface area contributed by atoms with Crippen LogP contribution >= 0.6 is 11.8 Å². The zero-order valence-electron chi connectivity index (χ0n) is 11.1. The molecule has 0 bridgehead atoms. The van der Waals surface area contributed by atoms with E-state index < -0.39 is 10.8 Å². The number of carbonyl (C=O) groups excluding carboxylic acids is 1. The van der Waals surface area contributed by atoms with E-state index >= 15 is 0 Å². The van der Waals surface area contributed by atoms with Crippen LogP contribution in [0.15, 0.2) is 29.2 Å². The number of hydrogen-bond acceptors (Lipinski definition) is 4. The first-order chi connectivity index (χ1) is 9.10. The van der Waals surface area contributed by atoms with Crippen molar-refractivity contribution in [3.63, 3.8) is 0 Å². The Bertz CT molecular complexity index is 462. The van der Waals surface area contributed by atoms with E-state index in [1.165, 1.54) is 17.6 Å². The molecule has 5 heteroatoms. The Morgan fingerprint density at radius 2 is 2.26 bits per heavy atom. The number of hydrogen-bond donors (Lipinski definition) is 0. The molecule has 3 nitrogen and oxygen atoms in total. The highest BCUT2D eigenvalue weighted by Crippen LogP contribution is 2.37. The summed E-state index contributed by atoms with van der Waals surface area (Å²) in [7, 11) is 0.376. The van der Waals surface area contributed by atoms with E-state index in [4.69, 9.17) is 0 Å². The SMILES string of the molecule is COC(=O)CC(C)S(=O)CC1Cc2ccccc2S1. The molecule has 3 atom stereocenters. The molecular formula is C14H18O3S2. The summed E-state index contributed by atoms with van der Waals surface area (Å²) in [4.78, 5) is 12.5. The summed E-state index contributed by atoms with van der Waals surface area (Å²) in [5.74, 6) is 0.348. The van der Waals surface area contributed by atoms with E-state index in [0.29, 0.717) is 11.0 Å². The second-order valence-corrected chi connectivity index (χ2v) is 7.93. The first kappa shape index (κ1) is 14.6. The predicted octanol–water partition coefficient (Wildman–Crippen LogP) is 2.40. The van der Waals surface area contributed by atoms with Gasteiger partial charge in [-0.3, -0.25) is 9.00 Å². The largest absolute Gasteiger partial charge is 0.469 e. The Kier molecular flexibility index (Phi) is 5.05. The number of esters is 1. The third-order valence-electron chi connectivity index (χ3n) is 3.19. The van der Waals surface area contributed by atoms with E-state index in [1.54, 1.807) is 11.8 Å². The minimum absolute atomic E-state index is 0.142. The van der Waals surface area contributed by atoms with Gasteiger partial charge in [-0.1, -0.05) is 25.1 Å². The maximum Gasteiger partial charge on any atom is 0.306 e. The van der Waals surface area contributed by atoms with E-state index in [1.807, 2.05) is 19.1 Å². The number of rotatable bonds is 5. The molecule has 1 aromatic rings. The number of benzene rings is 1. The van der Waals surface area contributed by atoms with Gasteiger partial charge in [-0.25, -0.2) is 0 Å². The van der Waals surface area contributed by atoms with Gasteiger partial charge in [-0.2, -0.15) is 0 Å². The highest BCUT2D eigenvalue weighted by molar-refractivity contribution is 8.01. The maximum absolute atomic E-state index is 12.2. The number of fused-ring (bicyclic) bond motifs is 1. The summed E-state index contributed by atoms with van der Waals surface area (Å²) in [5, 5.41) is 0.218. The van der Waals surface area contributed by atoms with Gasteiger partial charge in [0.05, 0.1) is 13.5 Å². The number of methoxy groups -OCH3 is 1. The normalized spacial score (nSPS) is 20.6. The van der Waals surface area contributed by atoms with Crippen LogP contribution in [0.5, 0.6) is 0 Å². The van der Waals surface area contributed by atoms with Gasteiger partial charge in [0.25, 0.3) is 0 Å². The zero-order valence-corrected chi connectivity index (χ0v) is 12.8. The minimum atomic E-state index is -0.987. The van der Waals surface area contributed by atoms with Crippen LogP contribution in [0.3, 0.4) is 0 Å². The lowest BCUT2D eigenvalue weighted by Gasteiger charge is -2.13. The highest BCUT2D eigenvalue weighted by atomic mass is 32.2. The second kappa shape index (κ2) is 6.57. The fraction of sp³-hybridized carbons (Fsp3) is 0.500. The molecule has 19 heavy (non-hydrogen) atoms. The van der Waals surface area contributed by atoms with Gasteiger partial charge in [0.1, 0.15) is 0 Å². The molecule has 1 aromatic carbocycles. The summed E-state index contributed by atoms with van der Waals surface area (Å²) in [6.45, 7) is 1.85. The van der Waals surface area contributed by atoms with Crippen molar-refractivity contribution in [2.24, 2.45) is 0 Å². The lowest BCUT2D eigenvalue weighted by molar-refractivity contribution is -0.140. The van der Waals surface area contributed by atoms with Crippen molar-refractivity contribution in [1.82, 2.24) is 0 Å². The molecule has 0 radical (unpaired) electrons. The van der Waals surface area contributed by atoms with Gasteiger partial charge in [0.15, 0.2) is 0 Å². The molecule has 0 saturated carbocycles. The van der Waals surface area contributed by atoms with Gasteiger partial charge in [0, 0.05) is 31.9 Å². The topological polar surface area (TPSA) is 43.4 Å². The van der Waals surface area contributed by atoms with Crippen molar-refractivity contribution in [3.8, 4) is 0 Å². The molecule has 3 unspecified atom stereocenters. The van der Waals surface area contributed by atoms with Crippen LogP contribution in [-0.4, -0.2) is 33.5 Å². The molecule has 1 aliphatic heterocycles. The molecule has 1 heterocycles. The minimum Gasteiger partial charge on any atom is -0.469 e. The predicted molar refractivity (Wildman–Crippen MR) is 78.9 cm³/mol. The smallest absolute Gasteiger partial charge is 0.306 e. The standard InChI is InChI=1S/C14H18O3S2/c1-10(7-14(15)17-2)19(16)9-12-8-11-5-3-4-6-13(11)18-12/h3-6,10,12H,7-9H2,1-2H3. The average molecular weight is 298 g/mol.